The zero-order chi connectivity index (χ0) is 29.7. The maximum Gasteiger partial charge on any atom is 0.0568 e. The molecule has 0 spiro atoms. The molecule has 9 rings (SSSR count). The van der Waals surface area contributed by atoms with Crippen molar-refractivity contribution in [3.8, 4) is 16.8 Å². The number of fused-ring (bicyclic) bond motifs is 6. The molecule has 0 saturated carbocycles. The Kier molecular flexibility index (Phi) is 6.03. The molecule has 0 aliphatic rings. The van der Waals surface area contributed by atoms with Crippen molar-refractivity contribution >= 4 is 70.4 Å². The Morgan fingerprint density at radius 3 is 1.87 bits per heavy atom. The Hall–Kier alpha value is -5.64. The van der Waals surface area contributed by atoms with Gasteiger partial charge in [-0.15, -0.1) is 11.3 Å². The first kappa shape index (κ1) is 25.8. The largest absolute Gasteiger partial charge is 0.310 e. The first-order valence-electron chi connectivity index (χ1n) is 15.3. The third-order valence-corrected chi connectivity index (χ3v) is 9.90. The minimum absolute atomic E-state index is 1.12. The second-order valence-electron chi connectivity index (χ2n) is 11.4. The zero-order valence-corrected chi connectivity index (χ0v) is 25.3. The highest BCUT2D eigenvalue weighted by Crippen LogP contribution is 2.45. The Morgan fingerprint density at radius 1 is 0.422 bits per heavy atom. The number of anilines is 3. The first-order chi connectivity index (χ1) is 22.3. The van der Waals surface area contributed by atoms with Crippen LogP contribution in [0.3, 0.4) is 0 Å². The van der Waals surface area contributed by atoms with Gasteiger partial charge in [0.05, 0.1) is 11.0 Å². The SMILES string of the molecule is c1ccc(-c2cc(N(c3ccccc3)c3ccc4sc5ccccc5c4c3)cc3c2c2ccccc2n3-c2ccccc2)cc1. The van der Waals surface area contributed by atoms with Crippen molar-refractivity contribution in [3.63, 3.8) is 0 Å². The minimum atomic E-state index is 1.12. The van der Waals surface area contributed by atoms with Crippen molar-refractivity contribution < 1.29 is 0 Å². The molecule has 2 nitrogen and oxygen atoms in total. The van der Waals surface area contributed by atoms with Crippen molar-refractivity contribution in [3.05, 3.63) is 170 Å². The maximum atomic E-state index is 2.42. The van der Waals surface area contributed by atoms with Gasteiger partial charge in [0.1, 0.15) is 0 Å². The summed E-state index contributed by atoms with van der Waals surface area (Å²) in [6.45, 7) is 0. The highest BCUT2D eigenvalue weighted by atomic mass is 32.1. The van der Waals surface area contributed by atoms with Crippen molar-refractivity contribution in [2.45, 2.75) is 0 Å². The third-order valence-electron chi connectivity index (χ3n) is 8.75. The van der Waals surface area contributed by atoms with Crippen LogP contribution in [0.15, 0.2) is 170 Å². The summed E-state index contributed by atoms with van der Waals surface area (Å²) in [7, 11) is 0. The van der Waals surface area contributed by atoms with Crippen LogP contribution in [-0.2, 0) is 0 Å². The lowest BCUT2D eigenvalue weighted by molar-refractivity contribution is 1.18. The van der Waals surface area contributed by atoms with Gasteiger partial charge in [-0.25, -0.2) is 0 Å². The fourth-order valence-corrected chi connectivity index (χ4v) is 7.87. The van der Waals surface area contributed by atoms with E-state index in [1.165, 1.54) is 53.1 Å². The highest BCUT2D eigenvalue weighted by Gasteiger charge is 2.21. The molecule has 2 aromatic heterocycles. The van der Waals surface area contributed by atoms with Crippen LogP contribution in [0.5, 0.6) is 0 Å². The van der Waals surface area contributed by atoms with Gasteiger partial charge in [0, 0.05) is 53.7 Å². The highest BCUT2D eigenvalue weighted by molar-refractivity contribution is 7.25. The predicted octanol–water partition coefficient (Wildman–Crippen LogP) is 12.3. The quantitative estimate of drug-likeness (QED) is 0.193. The van der Waals surface area contributed by atoms with Gasteiger partial charge >= 0.3 is 0 Å². The molecule has 3 heteroatoms. The molecular formula is C42H28N2S. The number of nitrogens with zero attached hydrogens (tertiary/aromatic N) is 2. The summed E-state index contributed by atoms with van der Waals surface area (Å²) < 4.78 is 5.04. The van der Waals surface area contributed by atoms with Crippen LogP contribution in [0.1, 0.15) is 0 Å². The molecule has 7 aromatic carbocycles. The maximum absolute atomic E-state index is 2.42. The van der Waals surface area contributed by atoms with E-state index in [9.17, 15) is 0 Å². The first-order valence-corrected chi connectivity index (χ1v) is 16.1. The molecule has 2 heterocycles. The molecule has 0 bridgehead atoms. The normalized spacial score (nSPS) is 11.6. The van der Waals surface area contributed by atoms with Crippen molar-refractivity contribution in [1.29, 1.82) is 0 Å². The molecule has 212 valence electrons. The topological polar surface area (TPSA) is 8.17 Å². The average molecular weight is 593 g/mol. The summed E-state index contributed by atoms with van der Waals surface area (Å²) in [6.07, 6.45) is 0. The zero-order valence-electron chi connectivity index (χ0n) is 24.5. The fraction of sp³-hybridized carbons (Fsp3) is 0. The van der Waals surface area contributed by atoms with Gasteiger partial charge < -0.3 is 9.47 Å². The number of para-hydroxylation sites is 3. The van der Waals surface area contributed by atoms with Gasteiger partial charge in [0.15, 0.2) is 0 Å². The van der Waals surface area contributed by atoms with Crippen LogP contribution in [0.25, 0.3) is 58.8 Å². The molecule has 9 aromatic rings. The van der Waals surface area contributed by atoms with Gasteiger partial charge in [0.2, 0.25) is 0 Å². The van der Waals surface area contributed by atoms with Crippen molar-refractivity contribution in [1.82, 2.24) is 4.57 Å². The van der Waals surface area contributed by atoms with E-state index in [-0.39, 0.29) is 0 Å². The van der Waals surface area contributed by atoms with Crippen LogP contribution in [0, 0.1) is 0 Å². The third kappa shape index (κ3) is 4.24. The summed E-state index contributed by atoms with van der Waals surface area (Å²) in [5.74, 6) is 0. The monoisotopic (exact) mass is 592 g/mol. The van der Waals surface area contributed by atoms with E-state index in [4.69, 9.17) is 0 Å². The van der Waals surface area contributed by atoms with Gasteiger partial charge in [-0.2, -0.15) is 0 Å². The number of thiophene rings is 1. The molecule has 0 atom stereocenters. The summed E-state index contributed by atoms with van der Waals surface area (Å²) in [5.41, 5.74) is 9.33. The van der Waals surface area contributed by atoms with Gasteiger partial charge in [-0.3, -0.25) is 0 Å². The Morgan fingerprint density at radius 2 is 1.07 bits per heavy atom. The van der Waals surface area contributed by atoms with E-state index in [0.717, 1.165) is 22.7 Å². The second-order valence-corrected chi connectivity index (χ2v) is 12.5. The van der Waals surface area contributed by atoms with E-state index < -0.39 is 0 Å². The van der Waals surface area contributed by atoms with Gasteiger partial charge in [-0.1, -0.05) is 103 Å². The van der Waals surface area contributed by atoms with Crippen molar-refractivity contribution in [2.24, 2.45) is 0 Å². The Labute approximate surface area is 265 Å². The Bertz CT molecular complexity index is 2470. The number of hydrogen-bond acceptors (Lipinski definition) is 2. The molecule has 0 unspecified atom stereocenters. The molecular weight excluding hydrogens is 565 g/mol. The molecule has 0 N–H and O–H groups in total. The van der Waals surface area contributed by atoms with E-state index in [0.29, 0.717) is 0 Å². The molecule has 0 amide bonds. The Balaban J connectivity index is 1.39. The molecule has 0 fully saturated rings. The second kappa shape index (κ2) is 10.5. The number of hydrogen-bond donors (Lipinski definition) is 0. The predicted molar refractivity (Wildman–Crippen MR) is 194 cm³/mol. The lowest BCUT2D eigenvalue weighted by atomic mass is 9.98. The average Bonchev–Trinajstić information content (AvgIpc) is 3.65. The van der Waals surface area contributed by atoms with Gasteiger partial charge in [0.25, 0.3) is 0 Å². The minimum Gasteiger partial charge on any atom is -0.310 e. The van der Waals surface area contributed by atoms with Crippen LogP contribution in [0.2, 0.25) is 0 Å². The summed E-state index contributed by atoms with van der Waals surface area (Å²) in [4.78, 5) is 2.41. The van der Waals surface area contributed by atoms with Crippen LogP contribution in [0.4, 0.5) is 17.1 Å². The molecule has 0 aliphatic carbocycles. The lowest BCUT2D eigenvalue weighted by Gasteiger charge is -2.27. The smallest absolute Gasteiger partial charge is 0.0568 e. The van der Waals surface area contributed by atoms with Gasteiger partial charge in [-0.05, 0) is 77.9 Å². The number of benzene rings is 7. The molecule has 0 aliphatic heterocycles. The van der Waals surface area contributed by atoms with Crippen LogP contribution >= 0.6 is 11.3 Å². The lowest BCUT2D eigenvalue weighted by Crippen LogP contribution is -2.10. The van der Waals surface area contributed by atoms with E-state index in [1.54, 1.807) is 0 Å². The number of aromatic nitrogens is 1. The summed E-state index contributed by atoms with van der Waals surface area (Å²) >= 11 is 1.86. The number of rotatable bonds is 5. The summed E-state index contributed by atoms with van der Waals surface area (Å²) in [5, 5.41) is 5.10. The molecule has 0 radical (unpaired) electrons. The molecule has 45 heavy (non-hydrogen) atoms. The molecule has 0 saturated heterocycles. The van der Waals surface area contributed by atoms with E-state index in [2.05, 4.69) is 179 Å². The fourth-order valence-electron chi connectivity index (χ4n) is 6.79. The van der Waals surface area contributed by atoms with Crippen LogP contribution < -0.4 is 4.90 Å². The van der Waals surface area contributed by atoms with E-state index >= 15 is 0 Å². The van der Waals surface area contributed by atoms with Crippen molar-refractivity contribution in [2.75, 3.05) is 4.90 Å². The standard InChI is InChI=1S/C42H28N2S/c1-4-14-29(15-5-1)36-27-33(28-39-42(36)35-21-10-12-22-38(35)44(39)31-18-8-3-9-19-31)43(30-16-6-2-7-17-30)32-24-25-41-37(26-32)34-20-11-13-23-40(34)45-41/h1-28H. The van der Waals surface area contributed by atoms with Crippen LogP contribution in [-0.4, -0.2) is 4.57 Å². The van der Waals surface area contributed by atoms with E-state index in [1.807, 2.05) is 11.3 Å². The summed E-state index contributed by atoms with van der Waals surface area (Å²) in [6, 6.07) is 61.4.